The van der Waals surface area contributed by atoms with Gasteiger partial charge in [-0.25, -0.2) is 9.78 Å². The number of aliphatic hydroxyl groups excluding tert-OH is 7. The zero-order chi connectivity index (χ0) is 43.3. The third kappa shape index (κ3) is 6.98. The van der Waals surface area contributed by atoms with Crippen molar-refractivity contribution in [2.24, 2.45) is 5.73 Å². The molecule has 1 aliphatic carbocycles. The lowest BCUT2D eigenvalue weighted by molar-refractivity contribution is -0.296. The van der Waals surface area contributed by atoms with Gasteiger partial charge in [-0.1, -0.05) is 0 Å². The zero-order valence-corrected chi connectivity index (χ0v) is 34.3. The average Bonchev–Trinajstić information content (AvgIpc) is 3.87. The predicted octanol–water partition coefficient (Wildman–Crippen LogP) is -2.28. The number of esters is 1. The van der Waals surface area contributed by atoms with Crippen molar-refractivity contribution >= 4 is 54.7 Å². The molecular formula is C33H45N6O18PS2. The number of ether oxygens (including phenoxy) is 5. The molecule has 4 fully saturated rings. The van der Waals surface area contributed by atoms with Crippen molar-refractivity contribution in [3.63, 3.8) is 0 Å². The molecule has 0 radical (unpaired) electrons. The molecule has 3 saturated heterocycles. The number of aromatic nitrogens is 4. The number of carbonyl (C=O) groups is 1. The molecule has 0 amide bonds. The number of hydrogen-bond acceptors (Lipinski definition) is 24. The van der Waals surface area contributed by atoms with Crippen LogP contribution in [0.15, 0.2) is 16.9 Å². The molecule has 0 bridgehead atoms. The predicted molar refractivity (Wildman–Crippen MR) is 202 cm³/mol. The quantitative estimate of drug-likeness (QED) is 0.0580. The minimum absolute atomic E-state index is 0.00906. The molecule has 7 heterocycles. The van der Waals surface area contributed by atoms with Crippen LogP contribution in [0, 0.1) is 4.71 Å². The summed E-state index contributed by atoms with van der Waals surface area (Å²) >= 11 is 6.47. The highest BCUT2D eigenvalue weighted by Crippen LogP contribution is 2.73. The Morgan fingerprint density at radius 3 is 2.57 bits per heavy atom. The molecule has 332 valence electrons. The van der Waals surface area contributed by atoms with E-state index in [9.17, 15) is 50.2 Å². The molecule has 4 aliphatic heterocycles. The Morgan fingerprint density at radius 1 is 1.18 bits per heavy atom. The van der Waals surface area contributed by atoms with Gasteiger partial charge in [0.2, 0.25) is 10.6 Å². The topological polar surface area (TPSA) is 372 Å². The zero-order valence-electron chi connectivity index (χ0n) is 31.7. The van der Waals surface area contributed by atoms with Gasteiger partial charge in [-0.3, -0.25) is 9.13 Å². The second-order valence-electron chi connectivity index (χ2n) is 15.5. The van der Waals surface area contributed by atoms with E-state index in [1.54, 1.807) is 4.57 Å². The highest BCUT2D eigenvalue weighted by Gasteiger charge is 2.70. The van der Waals surface area contributed by atoms with E-state index in [-0.39, 0.29) is 59.4 Å². The first kappa shape index (κ1) is 43.8. The van der Waals surface area contributed by atoms with E-state index < -0.39 is 115 Å². The minimum atomic E-state index is -3.94. The van der Waals surface area contributed by atoms with Gasteiger partial charge < -0.3 is 94.5 Å². The van der Waals surface area contributed by atoms with Crippen LogP contribution in [0.4, 0.5) is 6.01 Å². The Hall–Kier alpha value is -2.86. The number of nitrogens with two attached hydrogens (primary N) is 2. The minimum Gasteiger partial charge on any atom is -0.464 e. The normalized spacial score (nSPS) is 41.5. The maximum atomic E-state index is 14.4. The summed E-state index contributed by atoms with van der Waals surface area (Å²) in [5.74, 6) is -3.82. The van der Waals surface area contributed by atoms with Gasteiger partial charge in [-0.15, -0.1) is 11.8 Å². The number of imidazole rings is 1. The lowest BCUT2D eigenvalue weighted by Crippen LogP contribution is -2.68. The van der Waals surface area contributed by atoms with Gasteiger partial charge in [0.1, 0.15) is 47.6 Å². The number of methoxy groups -OCH3 is 1. The lowest BCUT2D eigenvalue weighted by Gasteiger charge is -2.52. The third-order valence-corrected chi connectivity index (χ3v) is 16.4. The van der Waals surface area contributed by atoms with Gasteiger partial charge >= 0.3 is 19.4 Å². The van der Waals surface area contributed by atoms with Gasteiger partial charge in [-0.2, -0.15) is 4.98 Å². The first-order chi connectivity index (χ1) is 28.3. The number of aromatic amines is 1. The number of carbonyl (C=O) groups excluding carboxylic acids is 1. The summed E-state index contributed by atoms with van der Waals surface area (Å²) in [6.45, 7) is -0.0744. The molecule has 14 atom stereocenters. The molecule has 3 aromatic heterocycles. The van der Waals surface area contributed by atoms with Gasteiger partial charge in [0.15, 0.2) is 23.7 Å². The standard InChI is InChI=1S/C33H45N6O18PS2/c1-31(48)22(45)25(39-10-37-17-23(39)38-30(35)55-28(17)59)60-32(31)3-12(4-32)58(49)51-8-11-6-36-24(13(11)9-52-58)57-33(29(47)50-2)5-14(41)16(34)21(56-33)18(42)15(7-40)53-27-20(44)19(43)26(46)54-27/h6,10,12,14-16,18-22,25-27,36,40-46,48H,3-5,7-9,34H2,1-2H3,(H2,35,38)/t12?,14-,15+,16+,18+,19+,20-,21+,22?,25?,26+,27+,31?,32?,33+,58?/m0/s1. The number of fused-ring (bicyclic) bond motifs is 2. The van der Waals surface area contributed by atoms with E-state index in [0.29, 0.717) is 5.56 Å². The van der Waals surface area contributed by atoms with Crippen LogP contribution in [-0.2, 0) is 50.6 Å². The van der Waals surface area contributed by atoms with E-state index in [4.69, 9.17) is 60.8 Å². The first-order valence-corrected chi connectivity index (χ1v) is 21.5. The third-order valence-electron chi connectivity index (χ3n) is 12.0. The van der Waals surface area contributed by atoms with E-state index in [2.05, 4.69) is 15.0 Å². The van der Waals surface area contributed by atoms with E-state index >= 15 is 0 Å². The van der Waals surface area contributed by atoms with Crippen LogP contribution in [0.1, 0.15) is 42.7 Å². The van der Waals surface area contributed by atoms with Crippen LogP contribution in [0.5, 0.6) is 5.88 Å². The molecule has 24 nitrogen and oxygen atoms in total. The largest absolute Gasteiger partial charge is 0.464 e. The second-order valence-corrected chi connectivity index (χ2v) is 19.7. The molecule has 60 heavy (non-hydrogen) atoms. The fourth-order valence-corrected chi connectivity index (χ4v) is 13.0. The van der Waals surface area contributed by atoms with Crippen LogP contribution >= 0.6 is 31.6 Å². The van der Waals surface area contributed by atoms with Crippen molar-refractivity contribution in [3.8, 4) is 5.88 Å². The fraction of sp³-hybridized carbons (Fsp3) is 0.697. The van der Waals surface area contributed by atoms with E-state index in [1.807, 2.05) is 0 Å². The Bertz CT molecular complexity index is 2220. The highest BCUT2D eigenvalue weighted by atomic mass is 32.2. The van der Waals surface area contributed by atoms with Crippen molar-refractivity contribution in [1.82, 2.24) is 19.5 Å². The number of thioether (sulfide) groups is 1. The number of anilines is 1. The van der Waals surface area contributed by atoms with E-state index in [0.717, 1.165) is 7.11 Å². The Kier molecular flexibility index (Phi) is 11.5. The summed E-state index contributed by atoms with van der Waals surface area (Å²) in [5.41, 5.74) is 10.8. The summed E-state index contributed by atoms with van der Waals surface area (Å²) in [6, 6.07) is -1.62. The molecule has 1 spiro atoms. The fourth-order valence-electron chi connectivity index (χ4n) is 8.27. The summed E-state index contributed by atoms with van der Waals surface area (Å²) in [5, 5.41) is 84.7. The Morgan fingerprint density at radius 2 is 1.90 bits per heavy atom. The number of aliphatic hydroxyl groups is 8. The SMILES string of the molecule is COC(=O)[C@]1(Oc2[nH]cc3c2COP(=O)(C2CC4(C2)SC(n2cnc5c(=S)oc(N)nc52)C(O)C4(C)O)OC3)C[C@H](O)[C@@H](N)[C@H]([C@H](O)[C@@H](CO)O[C@@H]2O[C@@H](O)[C@H](O)[C@@H]2O)O1. The monoisotopic (exact) mass is 908 g/mol. The molecule has 27 heteroatoms. The van der Waals surface area contributed by atoms with Crippen LogP contribution in [0.2, 0.25) is 0 Å². The maximum absolute atomic E-state index is 14.4. The van der Waals surface area contributed by atoms with Crippen molar-refractivity contribution in [1.29, 1.82) is 0 Å². The lowest BCUT2D eigenvalue weighted by atomic mass is 9.70. The van der Waals surface area contributed by atoms with Gasteiger partial charge in [0.25, 0.3) is 6.01 Å². The Balaban J connectivity index is 0.979. The molecule has 8 rings (SSSR count). The summed E-state index contributed by atoms with van der Waals surface area (Å²) in [7, 11) is -2.92. The second kappa shape index (κ2) is 15.7. The van der Waals surface area contributed by atoms with Crippen LogP contribution in [0.25, 0.3) is 11.2 Å². The van der Waals surface area contributed by atoms with Crippen molar-refractivity contribution in [2.45, 2.75) is 128 Å². The molecule has 4 unspecified atom stereocenters. The summed E-state index contributed by atoms with van der Waals surface area (Å²) in [4.78, 5) is 24.8. The summed E-state index contributed by atoms with van der Waals surface area (Å²) < 4.78 is 59.6. The number of H-pyrrole nitrogens is 1. The average molecular weight is 909 g/mol. The van der Waals surface area contributed by atoms with Crippen LogP contribution in [-0.4, -0.2) is 163 Å². The highest BCUT2D eigenvalue weighted by molar-refractivity contribution is 8.01. The molecule has 1 saturated carbocycles. The number of nitrogens with zero attached hydrogens (tertiary/aromatic N) is 3. The maximum Gasteiger partial charge on any atom is 0.379 e. The number of rotatable bonds is 10. The van der Waals surface area contributed by atoms with Crippen molar-refractivity contribution in [2.75, 3.05) is 19.5 Å². The first-order valence-electron chi connectivity index (χ1n) is 18.6. The Labute approximate surface area is 348 Å². The van der Waals surface area contributed by atoms with Crippen molar-refractivity contribution in [3.05, 3.63) is 28.4 Å². The van der Waals surface area contributed by atoms with Gasteiger partial charge in [0.05, 0.1) is 62.2 Å². The van der Waals surface area contributed by atoms with E-state index in [1.165, 1.54) is 31.2 Å². The smallest absolute Gasteiger partial charge is 0.379 e. The molecule has 5 aliphatic rings. The number of nitrogen functional groups attached to an aromatic ring is 1. The van der Waals surface area contributed by atoms with Crippen LogP contribution in [0.3, 0.4) is 0 Å². The van der Waals surface area contributed by atoms with Gasteiger partial charge in [-0.05, 0) is 32.0 Å². The number of nitrogens with one attached hydrogen (secondary N) is 1. The molecule has 0 aromatic carbocycles. The molecule has 13 N–H and O–H groups in total. The molecule has 3 aromatic rings. The summed E-state index contributed by atoms with van der Waals surface area (Å²) in [6.07, 6.45) is -12.9. The van der Waals surface area contributed by atoms with Crippen molar-refractivity contribution < 1.29 is 87.4 Å². The number of hydrogen-bond donors (Lipinski definition) is 11. The van der Waals surface area contributed by atoms with Gasteiger partial charge in [0, 0.05) is 17.3 Å². The van der Waals surface area contributed by atoms with Crippen LogP contribution < -0.4 is 16.2 Å². The molecular weight excluding hydrogens is 863 g/mol.